The second kappa shape index (κ2) is 6.60. The summed E-state index contributed by atoms with van der Waals surface area (Å²) in [6.45, 7) is 3.79. The second-order valence-corrected chi connectivity index (χ2v) is 6.98. The maximum absolute atomic E-state index is 12.1. The van der Waals surface area contributed by atoms with Crippen LogP contribution in [0.5, 0.6) is 0 Å². The Balaban J connectivity index is 1.54. The van der Waals surface area contributed by atoms with Gasteiger partial charge in [0.2, 0.25) is 5.16 Å². The smallest absolute Gasteiger partial charge is 0.324 e. The van der Waals surface area contributed by atoms with Crippen molar-refractivity contribution in [3.05, 3.63) is 30.3 Å². The van der Waals surface area contributed by atoms with E-state index < -0.39 is 5.54 Å². The maximum Gasteiger partial charge on any atom is 0.325 e. The number of urea groups is 1. The molecule has 3 rings (SSSR count). The number of carbonyl (C=O) groups is 2. The highest BCUT2D eigenvalue weighted by molar-refractivity contribution is 7.99. The van der Waals surface area contributed by atoms with Gasteiger partial charge in [0.25, 0.3) is 5.91 Å². The molecule has 3 amide bonds. The van der Waals surface area contributed by atoms with Gasteiger partial charge in [-0.25, -0.2) is 4.79 Å². The van der Waals surface area contributed by atoms with E-state index >= 15 is 0 Å². The molecule has 8 nitrogen and oxygen atoms in total. The summed E-state index contributed by atoms with van der Waals surface area (Å²) < 4.78 is 1.67. The first kappa shape index (κ1) is 16.4. The molecule has 0 saturated carbocycles. The van der Waals surface area contributed by atoms with Crippen molar-refractivity contribution in [3.8, 4) is 5.69 Å². The third-order valence-electron chi connectivity index (χ3n) is 3.64. The van der Waals surface area contributed by atoms with Gasteiger partial charge in [0.15, 0.2) is 0 Å². The third-order valence-corrected chi connectivity index (χ3v) is 4.65. The molecule has 2 heterocycles. The van der Waals surface area contributed by atoms with Gasteiger partial charge < -0.3 is 5.32 Å². The molecule has 126 valence electrons. The summed E-state index contributed by atoms with van der Waals surface area (Å²) in [4.78, 5) is 25.2. The first-order valence-electron chi connectivity index (χ1n) is 7.60. The van der Waals surface area contributed by atoms with Crippen LogP contribution in [0.15, 0.2) is 35.5 Å². The molecule has 0 bridgehead atoms. The Morgan fingerprint density at radius 2 is 1.96 bits per heavy atom. The summed E-state index contributed by atoms with van der Waals surface area (Å²) in [5.74, 6) is 0.511. The SMILES string of the molecule is CC1(C)NC(=O)N(CCCSc2nnnn2-c2ccccc2)C1=O. The number of benzene rings is 1. The number of imide groups is 1. The van der Waals surface area contributed by atoms with E-state index in [0.29, 0.717) is 23.9 Å². The lowest BCUT2D eigenvalue weighted by Crippen LogP contribution is -2.40. The van der Waals surface area contributed by atoms with Crippen LogP contribution in [0.4, 0.5) is 4.79 Å². The topological polar surface area (TPSA) is 93.0 Å². The number of rotatable bonds is 6. The minimum absolute atomic E-state index is 0.188. The fraction of sp³-hybridized carbons (Fsp3) is 0.400. The molecule has 0 radical (unpaired) electrons. The summed E-state index contributed by atoms with van der Waals surface area (Å²) in [6, 6.07) is 9.30. The predicted molar refractivity (Wildman–Crippen MR) is 88.8 cm³/mol. The molecule has 24 heavy (non-hydrogen) atoms. The van der Waals surface area contributed by atoms with Crippen molar-refractivity contribution in [2.45, 2.75) is 31.0 Å². The number of tetrazole rings is 1. The number of thioether (sulfide) groups is 1. The Morgan fingerprint density at radius 1 is 1.21 bits per heavy atom. The van der Waals surface area contributed by atoms with Crippen molar-refractivity contribution in [2.24, 2.45) is 0 Å². The van der Waals surface area contributed by atoms with Gasteiger partial charge in [-0.2, -0.15) is 4.68 Å². The van der Waals surface area contributed by atoms with Crippen molar-refractivity contribution in [1.29, 1.82) is 0 Å². The molecule has 1 aliphatic rings. The second-order valence-electron chi connectivity index (χ2n) is 5.92. The van der Waals surface area contributed by atoms with E-state index in [1.54, 1.807) is 18.5 Å². The van der Waals surface area contributed by atoms with Crippen molar-refractivity contribution in [2.75, 3.05) is 12.3 Å². The lowest BCUT2D eigenvalue weighted by molar-refractivity contribution is -0.130. The zero-order chi connectivity index (χ0) is 17.2. The summed E-state index contributed by atoms with van der Waals surface area (Å²) in [5.41, 5.74) is 0.0718. The molecule has 1 aromatic heterocycles. The van der Waals surface area contributed by atoms with Crippen LogP contribution < -0.4 is 5.32 Å². The van der Waals surface area contributed by atoms with E-state index in [4.69, 9.17) is 0 Å². The maximum atomic E-state index is 12.1. The van der Waals surface area contributed by atoms with Gasteiger partial charge in [-0.3, -0.25) is 9.69 Å². The van der Waals surface area contributed by atoms with Crippen LogP contribution in [0.25, 0.3) is 5.69 Å². The zero-order valence-corrected chi connectivity index (χ0v) is 14.3. The summed E-state index contributed by atoms with van der Waals surface area (Å²) >= 11 is 1.49. The Kier molecular flexibility index (Phi) is 4.52. The van der Waals surface area contributed by atoms with Crippen molar-refractivity contribution >= 4 is 23.7 Å². The highest BCUT2D eigenvalue weighted by Gasteiger charge is 2.43. The summed E-state index contributed by atoms with van der Waals surface area (Å²) in [7, 11) is 0. The minimum atomic E-state index is -0.818. The van der Waals surface area contributed by atoms with E-state index in [2.05, 4.69) is 20.8 Å². The quantitative estimate of drug-likeness (QED) is 0.484. The zero-order valence-electron chi connectivity index (χ0n) is 13.5. The summed E-state index contributed by atoms with van der Waals surface area (Å²) in [6.07, 6.45) is 0.668. The Labute approximate surface area is 143 Å². The Hall–Kier alpha value is -2.42. The standard InChI is InChI=1S/C15H18N6O2S/c1-15(2)12(22)20(13(23)16-15)9-6-10-24-14-17-18-19-21(14)11-7-4-3-5-8-11/h3-5,7-8H,6,9-10H2,1-2H3,(H,16,23). The minimum Gasteiger partial charge on any atom is -0.324 e. The van der Waals surface area contributed by atoms with Gasteiger partial charge in [-0.05, 0) is 42.8 Å². The molecule has 0 aliphatic carbocycles. The van der Waals surface area contributed by atoms with Crippen LogP contribution >= 0.6 is 11.8 Å². The largest absolute Gasteiger partial charge is 0.325 e. The Bertz CT molecular complexity index is 745. The molecular formula is C15H18N6O2S. The Morgan fingerprint density at radius 3 is 2.62 bits per heavy atom. The fourth-order valence-electron chi connectivity index (χ4n) is 2.41. The van der Waals surface area contributed by atoms with E-state index in [9.17, 15) is 9.59 Å². The van der Waals surface area contributed by atoms with Crippen LogP contribution in [-0.2, 0) is 4.79 Å². The number of aromatic nitrogens is 4. The average Bonchev–Trinajstić information content (AvgIpc) is 3.09. The number of hydrogen-bond donors (Lipinski definition) is 1. The number of hydrogen-bond acceptors (Lipinski definition) is 6. The first-order valence-corrected chi connectivity index (χ1v) is 8.58. The highest BCUT2D eigenvalue weighted by atomic mass is 32.2. The normalized spacial score (nSPS) is 16.5. The molecule has 0 unspecified atom stereocenters. The predicted octanol–water partition coefficient (Wildman–Crippen LogP) is 1.47. The number of para-hydroxylation sites is 1. The van der Waals surface area contributed by atoms with Gasteiger partial charge in [0.05, 0.1) is 5.69 Å². The fourth-order valence-corrected chi connectivity index (χ4v) is 3.22. The molecule has 9 heteroatoms. The lowest BCUT2D eigenvalue weighted by Gasteiger charge is -2.15. The van der Waals surface area contributed by atoms with Crippen LogP contribution in [-0.4, -0.2) is 54.9 Å². The van der Waals surface area contributed by atoms with E-state index in [1.165, 1.54) is 16.7 Å². The van der Waals surface area contributed by atoms with Gasteiger partial charge in [0, 0.05) is 12.3 Å². The van der Waals surface area contributed by atoms with Crippen LogP contribution in [0.3, 0.4) is 0 Å². The lowest BCUT2D eigenvalue weighted by atomic mass is 10.1. The van der Waals surface area contributed by atoms with Crippen LogP contribution in [0.1, 0.15) is 20.3 Å². The van der Waals surface area contributed by atoms with Gasteiger partial charge in [-0.1, -0.05) is 30.0 Å². The summed E-state index contributed by atoms with van der Waals surface area (Å²) in [5, 5.41) is 15.1. The van der Waals surface area contributed by atoms with E-state index in [1.807, 2.05) is 30.3 Å². The molecular weight excluding hydrogens is 328 g/mol. The number of nitrogens with one attached hydrogen (secondary N) is 1. The molecule has 1 N–H and O–H groups in total. The first-order chi connectivity index (χ1) is 11.5. The molecule has 1 saturated heterocycles. The molecule has 2 aromatic rings. The van der Waals surface area contributed by atoms with Crippen LogP contribution in [0, 0.1) is 0 Å². The number of amides is 3. The van der Waals surface area contributed by atoms with Gasteiger partial charge in [0.1, 0.15) is 5.54 Å². The van der Waals surface area contributed by atoms with Gasteiger partial charge in [-0.15, -0.1) is 5.10 Å². The van der Waals surface area contributed by atoms with Crippen molar-refractivity contribution < 1.29 is 9.59 Å². The molecule has 1 fully saturated rings. The van der Waals surface area contributed by atoms with Crippen molar-refractivity contribution in [1.82, 2.24) is 30.4 Å². The van der Waals surface area contributed by atoms with Crippen LogP contribution in [0.2, 0.25) is 0 Å². The van der Waals surface area contributed by atoms with Crippen molar-refractivity contribution in [3.63, 3.8) is 0 Å². The average molecular weight is 346 g/mol. The molecule has 1 aromatic carbocycles. The number of nitrogens with zero attached hydrogens (tertiary/aromatic N) is 5. The monoisotopic (exact) mass is 346 g/mol. The molecule has 0 atom stereocenters. The highest BCUT2D eigenvalue weighted by Crippen LogP contribution is 2.20. The van der Waals surface area contributed by atoms with E-state index in [-0.39, 0.29) is 11.9 Å². The molecule has 0 spiro atoms. The molecule has 1 aliphatic heterocycles. The number of carbonyl (C=O) groups excluding carboxylic acids is 2. The van der Waals surface area contributed by atoms with E-state index in [0.717, 1.165) is 5.69 Å². The van der Waals surface area contributed by atoms with Gasteiger partial charge >= 0.3 is 6.03 Å². The third kappa shape index (κ3) is 3.25.